The van der Waals surface area contributed by atoms with Gasteiger partial charge in [-0.3, -0.25) is 9.69 Å². The van der Waals surface area contributed by atoms with Gasteiger partial charge in [0.25, 0.3) is 5.91 Å². The highest BCUT2D eigenvalue weighted by Gasteiger charge is 2.26. The van der Waals surface area contributed by atoms with Crippen LogP contribution in [0.5, 0.6) is 5.75 Å². The summed E-state index contributed by atoms with van der Waals surface area (Å²) < 4.78 is 15.7. The van der Waals surface area contributed by atoms with Crippen LogP contribution in [0.1, 0.15) is 27.4 Å². The molecule has 1 N–H and O–H groups in total. The van der Waals surface area contributed by atoms with E-state index in [4.69, 9.17) is 14.0 Å². The summed E-state index contributed by atoms with van der Waals surface area (Å²) in [5, 5.41) is 6.37. The van der Waals surface area contributed by atoms with E-state index in [0.29, 0.717) is 24.7 Å². The van der Waals surface area contributed by atoms with E-state index in [1.165, 1.54) is 12.1 Å². The van der Waals surface area contributed by atoms with E-state index >= 15 is 0 Å². The van der Waals surface area contributed by atoms with E-state index in [1.807, 2.05) is 13.8 Å². The predicted octanol–water partition coefficient (Wildman–Crippen LogP) is 1.58. The lowest BCUT2D eigenvalue weighted by Gasteiger charge is -2.12. The quantitative estimate of drug-likeness (QED) is 0.765. The Balaban J connectivity index is 1.51. The van der Waals surface area contributed by atoms with Crippen LogP contribution in [0.3, 0.4) is 0 Å². The first-order chi connectivity index (χ1) is 13.0. The van der Waals surface area contributed by atoms with Gasteiger partial charge in [-0.05, 0) is 38.1 Å². The number of aryl methyl sites for hydroxylation is 2. The van der Waals surface area contributed by atoms with Gasteiger partial charge in [-0.25, -0.2) is 9.59 Å². The van der Waals surface area contributed by atoms with E-state index in [-0.39, 0.29) is 12.1 Å². The second kappa shape index (κ2) is 7.90. The predicted molar refractivity (Wildman–Crippen MR) is 92.1 cm³/mol. The van der Waals surface area contributed by atoms with Crippen molar-refractivity contribution >= 4 is 17.9 Å². The number of aromatic nitrogens is 1. The highest BCUT2D eigenvalue weighted by molar-refractivity contribution is 5.98. The second-order valence-corrected chi connectivity index (χ2v) is 5.97. The minimum absolute atomic E-state index is 0.270. The van der Waals surface area contributed by atoms with Gasteiger partial charge < -0.3 is 19.3 Å². The third kappa shape index (κ3) is 4.25. The first-order valence-electron chi connectivity index (χ1n) is 8.35. The number of carbonyl (C=O) groups excluding carboxylic acids is 3. The Morgan fingerprint density at radius 3 is 2.59 bits per heavy atom. The molecule has 2 heterocycles. The third-order valence-electron chi connectivity index (χ3n) is 4.14. The van der Waals surface area contributed by atoms with Gasteiger partial charge in [-0.15, -0.1) is 0 Å². The number of rotatable bonds is 6. The lowest BCUT2D eigenvalue weighted by atomic mass is 10.2. The fourth-order valence-corrected chi connectivity index (χ4v) is 2.55. The summed E-state index contributed by atoms with van der Waals surface area (Å²) in [6, 6.07) is 5.86. The maximum atomic E-state index is 12.0. The molecule has 0 bridgehead atoms. The second-order valence-electron chi connectivity index (χ2n) is 5.97. The van der Waals surface area contributed by atoms with Crippen LogP contribution in [0.2, 0.25) is 0 Å². The molecule has 0 radical (unpaired) electrons. The van der Waals surface area contributed by atoms with Gasteiger partial charge >= 0.3 is 12.0 Å². The summed E-state index contributed by atoms with van der Waals surface area (Å²) in [6.45, 7) is 4.13. The van der Waals surface area contributed by atoms with Crippen LogP contribution in [0.25, 0.3) is 0 Å². The first-order valence-corrected chi connectivity index (χ1v) is 8.35. The zero-order chi connectivity index (χ0) is 19.4. The fourth-order valence-electron chi connectivity index (χ4n) is 2.55. The molecule has 9 heteroatoms. The molecule has 1 saturated heterocycles. The Morgan fingerprint density at radius 1 is 1.26 bits per heavy atom. The van der Waals surface area contributed by atoms with Crippen LogP contribution in [0, 0.1) is 13.8 Å². The van der Waals surface area contributed by atoms with Crippen LogP contribution in [-0.2, 0) is 16.1 Å². The van der Waals surface area contributed by atoms with Crippen LogP contribution >= 0.6 is 0 Å². The largest absolute Gasteiger partial charge is 0.489 e. The van der Waals surface area contributed by atoms with E-state index in [9.17, 15) is 14.4 Å². The molecular formula is C18H19N3O6. The molecule has 1 aromatic heterocycles. The average molecular weight is 373 g/mol. The molecule has 0 atom stereocenters. The highest BCUT2D eigenvalue weighted by atomic mass is 16.5. The topological polar surface area (TPSA) is 111 Å². The maximum Gasteiger partial charge on any atom is 0.338 e. The number of nitrogens with one attached hydrogen (secondary N) is 1. The normalized spacial score (nSPS) is 13.4. The molecule has 2 aromatic rings. The Bertz CT molecular complexity index is 839. The van der Waals surface area contributed by atoms with Gasteiger partial charge in [0.1, 0.15) is 18.1 Å². The van der Waals surface area contributed by atoms with Crippen molar-refractivity contribution in [3.8, 4) is 5.75 Å². The minimum Gasteiger partial charge on any atom is -0.489 e. The number of ether oxygens (including phenoxy) is 2. The van der Waals surface area contributed by atoms with Crippen LogP contribution in [0.15, 0.2) is 28.8 Å². The van der Waals surface area contributed by atoms with Crippen molar-refractivity contribution in [1.82, 2.24) is 15.4 Å². The smallest absolute Gasteiger partial charge is 0.338 e. The average Bonchev–Trinajstić information content (AvgIpc) is 3.23. The monoisotopic (exact) mass is 373 g/mol. The third-order valence-corrected chi connectivity index (χ3v) is 4.14. The number of esters is 1. The Morgan fingerprint density at radius 2 is 2.00 bits per heavy atom. The summed E-state index contributed by atoms with van der Waals surface area (Å²) in [4.78, 5) is 36.3. The molecule has 3 rings (SSSR count). The van der Waals surface area contributed by atoms with Gasteiger partial charge in [-0.1, -0.05) is 5.16 Å². The zero-order valence-corrected chi connectivity index (χ0v) is 15.0. The molecule has 27 heavy (non-hydrogen) atoms. The minimum atomic E-state index is -0.653. The standard InChI is InChI=1S/C18H19N3O6/c1-11-15(12(2)27-20-11)9-25-14-5-3-13(4-6-14)17(23)26-10-16(22)21-8-7-19-18(21)24/h3-6H,7-10H2,1-2H3,(H,19,24). The number of carbonyl (C=O) groups is 3. The number of urea groups is 1. The number of hydrogen-bond acceptors (Lipinski definition) is 7. The summed E-state index contributed by atoms with van der Waals surface area (Å²) in [7, 11) is 0. The molecule has 1 aliphatic rings. The summed E-state index contributed by atoms with van der Waals surface area (Å²) in [5.41, 5.74) is 1.92. The van der Waals surface area contributed by atoms with Gasteiger partial charge in [0.2, 0.25) is 0 Å². The Kier molecular flexibility index (Phi) is 5.39. The molecular weight excluding hydrogens is 354 g/mol. The van der Waals surface area contributed by atoms with E-state index in [2.05, 4.69) is 10.5 Å². The van der Waals surface area contributed by atoms with Crippen LogP contribution < -0.4 is 10.1 Å². The molecule has 142 valence electrons. The lowest BCUT2D eigenvalue weighted by Crippen LogP contribution is -2.37. The molecule has 0 aliphatic carbocycles. The summed E-state index contributed by atoms with van der Waals surface area (Å²) in [5.74, 6) is 0.0541. The Labute approximate surface area is 155 Å². The van der Waals surface area contributed by atoms with Crippen molar-refractivity contribution in [2.75, 3.05) is 19.7 Å². The van der Waals surface area contributed by atoms with Gasteiger partial charge in [-0.2, -0.15) is 0 Å². The SMILES string of the molecule is Cc1noc(C)c1COc1ccc(C(=O)OCC(=O)N2CCNC2=O)cc1. The Hall–Kier alpha value is -3.36. The molecule has 0 saturated carbocycles. The van der Waals surface area contributed by atoms with E-state index < -0.39 is 24.5 Å². The molecule has 9 nitrogen and oxygen atoms in total. The molecule has 1 aromatic carbocycles. The summed E-state index contributed by atoms with van der Waals surface area (Å²) >= 11 is 0. The summed E-state index contributed by atoms with van der Waals surface area (Å²) in [6.07, 6.45) is 0. The zero-order valence-electron chi connectivity index (χ0n) is 15.0. The molecule has 0 spiro atoms. The van der Waals surface area contributed by atoms with Gasteiger partial charge in [0.05, 0.1) is 16.8 Å². The van der Waals surface area contributed by atoms with Crippen molar-refractivity contribution in [3.05, 3.63) is 46.8 Å². The maximum absolute atomic E-state index is 12.0. The number of amides is 3. The van der Waals surface area contributed by atoms with Crippen molar-refractivity contribution in [2.24, 2.45) is 0 Å². The van der Waals surface area contributed by atoms with Crippen molar-refractivity contribution in [1.29, 1.82) is 0 Å². The van der Waals surface area contributed by atoms with Crippen LogP contribution in [-0.4, -0.2) is 47.7 Å². The molecule has 3 amide bonds. The number of nitrogens with zero attached hydrogens (tertiary/aromatic N) is 2. The lowest BCUT2D eigenvalue weighted by molar-refractivity contribution is -0.130. The fraction of sp³-hybridized carbons (Fsp3) is 0.333. The van der Waals surface area contributed by atoms with Gasteiger partial charge in [0.15, 0.2) is 6.61 Å². The molecule has 0 unspecified atom stereocenters. The molecule has 1 aliphatic heterocycles. The van der Waals surface area contributed by atoms with E-state index in [1.54, 1.807) is 12.1 Å². The highest BCUT2D eigenvalue weighted by Crippen LogP contribution is 2.18. The molecule has 1 fully saturated rings. The number of imide groups is 1. The van der Waals surface area contributed by atoms with Crippen molar-refractivity contribution in [3.63, 3.8) is 0 Å². The van der Waals surface area contributed by atoms with Gasteiger partial charge in [0, 0.05) is 13.1 Å². The first kappa shape index (κ1) is 18.4. The van der Waals surface area contributed by atoms with Crippen LogP contribution in [0.4, 0.5) is 4.79 Å². The van der Waals surface area contributed by atoms with E-state index in [0.717, 1.165) is 16.2 Å². The van der Waals surface area contributed by atoms with Crippen molar-refractivity contribution < 1.29 is 28.4 Å². The van der Waals surface area contributed by atoms with Crippen molar-refractivity contribution in [2.45, 2.75) is 20.5 Å². The number of hydrogen-bond donors (Lipinski definition) is 1. The number of benzene rings is 1.